The average Bonchev–Trinajstić information content (AvgIpc) is 3.19. The summed E-state index contributed by atoms with van der Waals surface area (Å²) in [7, 11) is 0. The Kier molecular flexibility index (Phi) is 6.52. The van der Waals surface area contributed by atoms with Gasteiger partial charge in [-0.1, -0.05) is 17.4 Å². The molecule has 0 spiro atoms. The van der Waals surface area contributed by atoms with Gasteiger partial charge in [-0.05, 0) is 19.1 Å². The molecular weight excluding hydrogens is 388 g/mol. The van der Waals surface area contributed by atoms with Crippen LogP contribution in [0.5, 0.6) is 0 Å². The molecule has 3 rings (SSSR count). The normalized spacial score (nSPS) is 15.2. The van der Waals surface area contributed by atoms with Crippen molar-refractivity contribution in [2.45, 2.75) is 20.0 Å². The molecule has 0 aromatic carbocycles. The standard InChI is InChI=1S/C16H22N6OS3/c1-3-4-17-15-19-22(16(24)26-15)11-20-5-7-21(8-6-20)14(23)9-13-18-12(2)10-25-13/h3,10H,1,4-9,11H2,2H3,(H,17,19). The molecule has 0 saturated carbocycles. The summed E-state index contributed by atoms with van der Waals surface area (Å²) in [5, 5.41) is 11.3. The zero-order valence-corrected chi connectivity index (χ0v) is 17.1. The molecule has 0 radical (unpaired) electrons. The van der Waals surface area contributed by atoms with Gasteiger partial charge in [-0.2, -0.15) is 0 Å². The van der Waals surface area contributed by atoms with Crippen LogP contribution >= 0.6 is 34.9 Å². The lowest BCUT2D eigenvalue weighted by atomic mass is 10.3. The number of nitrogens with one attached hydrogen (secondary N) is 1. The highest BCUT2D eigenvalue weighted by Crippen LogP contribution is 2.16. The second-order valence-corrected chi connectivity index (χ2v) is 8.61. The van der Waals surface area contributed by atoms with E-state index >= 15 is 0 Å². The topological polar surface area (TPSA) is 66.3 Å². The molecule has 0 aliphatic carbocycles. The zero-order valence-electron chi connectivity index (χ0n) is 14.7. The number of anilines is 1. The van der Waals surface area contributed by atoms with E-state index in [1.165, 1.54) is 11.3 Å². The molecule has 0 atom stereocenters. The van der Waals surface area contributed by atoms with Crippen LogP contribution in [0.1, 0.15) is 10.7 Å². The number of amides is 1. The van der Waals surface area contributed by atoms with Crippen LogP contribution in [0, 0.1) is 10.9 Å². The molecule has 3 heterocycles. The minimum atomic E-state index is 0.153. The minimum absolute atomic E-state index is 0.153. The maximum Gasteiger partial charge on any atom is 0.229 e. The van der Waals surface area contributed by atoms with Gasteiger partial charge in [-0.3, -0.25) is 9.69 Å². The van der Waals surface area contributed by atoms with Crippen LogP contribution in [-0.4, -0.2) is 63.2 Å². The van der Waals surface area contributed by atoms with E-state index in [0.717, 1.165) is 46.0 Å². The van der Waals surface area contributed by atoms with Crippen LogP contribution in [0.15, 0.2) is 18.0 Å². The van der Waals surface area contributed by atoms with Crippen LogP contribution < -0.4 is 5.32 Å². The van der Waals surface area contributed by atoms with E-state index in [4.69, 9.17) is 12.2 Å². The van der Waals surface area contributed by atoms with Crippen molar-refractivity contribution < 1.29 is 4.79 Å². The molecule has 0 unspecified atom stereocenters. The lowest BCUT2D eigenvalue weighted by Crippen LogP contribution is -2.49. The molecule has 10 heteroatoms. The smallest absolute Gasteiger partial charge is 0.229 e. The molecule has 1 aliphatic heterocycles. The van der Waals surface area contributed by atoms with Gasteiger partial charge >= 0.3 is 0 Å². The van der Waals surface area contributed by atoms with Crippen molar-refractivity contribution in [2.75, 3.05) is 38.0 Å². The lowest BCUT2D eigenvalue weighted by molar-refractivity contribution is -0.132. The van der Waals surface area contributed by atoms with E-state index in [9.17, 15) is 4.79 Å². The molecule has 1 saturated heterocycles. The van der Waals surface area contributed by atoms with Gasteiger partial charge in [-0.15, -0.1) is 23.0 Å². The summed E-state index contributed by atoms with van der Waals surface area (Å²) >= 11 is 8.40. The largest absolute Gasteiger partial charge is 0.357 e. The lowest BCUT2D eigenvalue weighted by Gasteiger charge is -2.34. The molecule has 2 aromatic heterocycles. The van der Waals surface area contributed by atoms with Crippen molar-refractivity contribution in [3.63, 3.8) is 0 Å². The van der Waals surface area contributed by atoms with Crippen LogP contribution in [0.25, 0.3) is 0 Å². The molecule has 140 valence electrons. The Morgan fingerprint density at radius 1 is 1.42 bits per heavy atom. The third-order valence-corrected chi connectivity index (χ3v) is 6.26. The third-order valence-electron chi connectivity index (χ3n) is 4.03. The van der Waals surface area contributed by atoms with E-state index in [0.29, 0.717) is 19.6 Å². The number of nitrogens with zero attached hydrogens (tertiary/aromatic N) is 5. The predicted molar refractivity (Wildman–Crippen MR) is 108 cm³/mol. The molecular formula is C16H22N6OS3. The van der Waals surface area contributed by atoms with Crippen molar-refractivity contribution in [1.82, 2.24) is 24.6 Å². The summed E-state index contributed by atoms with van der Waals surface area (Å²) in [6.45, 7) is 10.0. The van der Waals surface area contributed by atoms with E-state index in [-0.39, 0.29) is 5.91 Å². The third kappa shape index (κ3) is 4.97. The second kappa shape index (κ2) is 8.85. The molecule has 1 amide bonds. The zero-order chi connectivity index (χ0) is 18.5. The first kappa shape index (κ1) is 19.2. The number of carbonyl (C=O) groups excluding carboxylic acids is 1. The summed E-state index contributed by atoms with van der Waals surface area (Å²) in [4.78, 5) is 21.0. The molecule has 0 bridgehead atoms. The van der Waals surface area contributed by atoms with Gasteiger partial charge in [0.15, 0.2) is 3.95 Å². The first-order valence-electron chi connectivity index (χ1n) is 8.39. The fraction of sp³-hybridized carbons (Fsp3) is 0.500. The Hall–Kier alpha value is -1.62. The van der Waals surface area contributed by atoms with Gasteiger partial charge in [0.25, 0.3) is 0 Å². The Morgan fingerprint density at radius 3 is 2.85 bits per heavy atom. The average molecular weight is 411 g/mol. The predicted octanol–water partition coefficient (Wildman–Crippen LogP) is 2.38. The monoisotopic (exact) mass is 410 g/mol. The fourth-order valence-electron chi connectivity index (χ4n) is 2.68. The summed E-state index contributed by atoms with van der Waals surface area (Å²) in [5.41, 5.74) is 0.976. The van der Waals surface area contributed by atoms with E-state index < -0.39 is 0 Å². The number of aryl methyl sites for hydroxylation is 1. The van der Waals surface area contributed by atoms with Crippen molar-refractivity contribution in [3.05, 3.63) is 32.7 Å². The SMILES string of the molecule is C=CCNc1nn(CN2CCN(C(=O)Cc3nc(C)cs3)CC2)c(=S)s1. The van der Waals surface area contributed by atoms with E-state index in [2.05, 4.69) is 26.9 Å². The van der Waals surface area contributed by atoms with E-state index in [1.807, 2.05) is 21.9 Å². The van der Waals surface area contributed by atoms with Gasteiger partial charge in [0, 0.05) is 43.8 Å². The molecule has 1 N–H and O–H groups in total. The van der Waals surface area contributed by atoms with Crippen molar-refractivity contribution in [1.29, 1.82) is 0 Å². The highest BCUT2D eigenvalue weighted by molar-refractivity contribution is 7.73. The van der Waals surface area contributed by atoms with Crippen LogP contribution in [-0.2, 0) is 17.9 Å². The highest BCUT2D eigenvalue weighted by Gasteiger charge is 2.22. The number of thiazole rings is 1. The minimum Gasteiger partial charge on any atom is -0.357 e. The Morgan fingerprint density at radius 2 is 2.19 bits per heavy atom. The van der Waals surface area contributed by atoms with Gasteiger partial charge < -0.3 is 10.2 Å². The maximum absolute atomic E-state index is 12.4. The maximum atomic E-state index is 12.4. The van der Waals surface area contributed by atoms with Gasteiger partial charge in [-0.25, -0.2) is 9.67 Å². The van der Waals surface area contributed by atoms with Gasteiger partial charge in [0.1, 0.15) is 5.01 Å². The first-order valence-corrected chi connectivity index (χ1v) is 10.5. The fourth-order valence-corrected chi connectivity index (χ4v) is 4.44. The van der Waals surface area contributed by atoms with Gasteiger partial charge in [0.2, 0.25) is 11.0 Å². The van der Waals surface area contributed by atoms with Crippen molar-refractivity contribution >= 4 is 45.9 Å². The molecule has 2 aromatic rings. The number of hydrogen-bond acceptors (Lipinski definition) is 8. The van der Waals surface area contributed by atoms with Crippen LogP contribution in [0.4, 0.5) is 5.13 Å². The molecule has 26 heavy (non-hydrogen) atoms. The van der Waals surface area contributed by atoms with Crippen molar-refractivity contribution in [2.24, 2.45) is 0 Å². The Labute approximate surface area is 166 Å². The summed E-state index contributed by atoms with van der Waals surface area (Å²) in [6, 6.07) is 0. The Balaban J connectivity index is 1.49. The second-order valence-electron chi connectivity index (χ2n) is 6.04. The van der Waals surface area contributed by atoms with Crippen molar-refractivity contribution in [3.8, 4) is 0 Å². The quantitative estimate of drug-likeness (QED) is 0.558. The number of aromatic nitrogens is 3. The highest BCUT2D eigenvalue weighted by atomic mass is 32.1. The number of rotatable bonds is 7. The van der Waals surface area contributed by atoms with Crippen LogP contribution in [0.2, 0.25) is 0 Å². The number of piperazine rings is 1. The number of hydrogen-bond donors (Lipinski definition) is 1. The van der Waals surface area contributed by atoms with E-state index in [1.54, 1.807) is 17.4 Å². The van der Waals surface area contributed by atoms with Crippen LogP contribution in [0.3, 0.4) is 0 Å². The summed E-state index contributed by atoms with van der Waals surface area (Å²) in [5.74, 6) is 0.153. The summed E-state index contributed by atoms with van der Waals surface area (Å²) < 4.78 is 2.58. The summed E-state index contributed by atoms with van der Waals surface area (Å²) in [6.07, 6.45) is 2.19. The first-order chi connectivity index (χ1) is 12.5. The number of carbonyl (C=O) groups is 1. The Bertz CT molecular complexity index is 818. The molecule has 7 nitrogen and oxygen atoms in total. The molecule has 1 aliphatic rings. The molecule has 1 fully saturated rings. The van der Waals surface area contributed by atoms with Gasteiger partial charge in [0.05, 0.1) is 13.1 Å².